The Balaban J connectivity index is 2.27. The zero-order valence-corrected chi connectivity index (χ0v) is 9.45. The minimum Gasteiger partial charge on any atom is -0.397 e. The van der Waals surface area contributed by atoms with Crippen molar-refractivity contribution < 1.29 is 13.6 Å². The van der Waals surface area contributed by atoms with Crippen LogP contribution in [0.3, 0.4) is 0 Å². The summed E-state index contributed by atoms with van der Waals surface area (Å²) in [5.41, 5.74) is 5.27. The molecule has 3 N–H and O–H groups in total. The molecule has 94 valence electrons. The van der Waals surface area contributed by atoms with Gasteiger partial charge in [0, 0.05) is 19.3 Å². The molecule has 0 unspecified atom stereocenters. The number of nitrogens with two attached hydrogens (primary N) is 1. The van der Waals surface area contributed by atoms with Crippen molar-refractivity contribution in [3.8, 4) is 0 Å². The van der Waals surface area contributed by atoms with E-state index in [1.165, 1.54) is 17.1 Å². The van der Waals surface area contributed by atoms with Gasteiger partial charge < -0.3 is 11.1 Å². The van der Waals surface area contributed by atoms with Gasteiger partial charge in [0.15, 0.2) is 5.82 Å². The van der Waals surface area contributed by atoms with Crippen molar-refractivity contribution in [2.45, 2.75) is 0 Å². The summed E-state index contributed by atoms with van der Waals surface area (Å²) in [5, 5.41) is 6.09. The second-order valence-corrected chi connectivity index (χ2v) is 3.71. The second kappa shape index (κ2) is 4.44. The Morgan fingerprint density at radius 3 is 2.72 bits per heavy atom. The number of benzene rings is 1. The average molecular weight is 252 g/mol. The van der Waals surface area contributed by atoms with Crippen molar-refractivity contribution in [2.24, 2.45) is 7.05 Å². The highest BCUT2D eigenvalue weighted by atomic mass is 19.1. The van der Waals surface area contributed by atoms with E-state index in [1.807, 2.05) is 0 Å². The molecule has 0 bridgehead atoms. The molecule has 18 heavy (non-hydrogen) atoms. The van der Waals surface area contributed by atoms with Gasteiger partial charge in [0.25, 0.3) is 5.91 Å². The molecule has 0 aliphatic rings. The van der Waals surface area contributed by atoms with Gasteiger partial charge >= 0.3 is 0 Å². The molecule has 0 aliphatic carbocycles. The number of nitrogen functional groups attached to an aromatic ring is 1. The minimum absolute atomic E-state index is 0.176. The number of aromatic nitrogens is 2. The quantitative estimate of drug-likeness (QED) is 0.796. The number of amides is 1. The van der Waals surface area contributed by atoms with Crippen molar-refractivity contribution >= 4 is 17.3 Å². The van der Waals surface area contributed by atoms with E-state index in [0.717, 1.165) is 6.07 Å². The van der Waals surface area contributed by atoms with Crippen LogP contribution in [0.25, 0.3) is 0 Å². The second-order valence-electron chi connectivity index (χ2n) is 3.71. The number of aryl methyl sites for hydroxylation is 1. The molecule has 1 heterocycles. The molecule has 1 aromatic heterocycles. The third kappa shape index (κ3) is 2.29. The van der Waals surface area contributed by atoms with Crippen LogP contribution in [0.5, 0.6) is 0 Å². The fourth-order valence-electron chi connectivity index (χ4n) is 1.45. The zero-order valence-electron chi connectivity index (χ0n) is 9.45. The maximum atomic E-state index is 13.4. The van der Waals surface area contributed by atoms with Crippen LogP contribution in [-0.4, -0.2) is 15.7 Å². The van der Waals surface area contributed by atoms with Gasteiger partial charge in [-0.25, -0.2) is 8.78 Å². The fourth-order valence-corrected chi connectivity index (χ4v) is 1.45. The summed E-state index contributed by atoms with van der Waals surface area (Å²) in [6, 6.07) is 1.58. The lowest BCUT2D eigenvalue weighted by Gasteiger charge is -2.08. The van der Waals surface area contributed by atoms with E-state index in [9.17, 15) is 13.6 Å². The first kappa shape index (κ1) is 12.0. The Labute approximate surface area is 101 Å². The molecule has 0 spiro atoms. The number of rotatable bonds is 2. The van der Waals surface area contributed by atoms with Crippen LogP contribution in [0.15, 0.2) is 24.5 Å². The number of hydrogen-bond donors (Lipinski definition) is 2. The standard InChI is InChI=1S/C11H10F2N4O/c1-17-5-6(4-15-17)11(18)16-10-8(13)2-7(12)3-9(10)14/h2-5H,14H2,1H3,(H,16,18). The number of nitrogens with zero attached hydrogens (tertiary/aromatic N) is 2. The number of hydrogen-bond acceptors (Lipinski definition) is 3. The van der Waals surface area contributed by atoms with Crippen molar-refractivity contribution in [1.29, 1.82) is 0 Å². The van der Waals surface area contributed by atoms with Crippen molar-refractivity contribution in [2.75, 3.05) is 11.1 Å². The van der Waals surface area contributed by atoms with Gasteiger partial charge in [-0.2, -0.15) is 5.10 Å². The van der Waals surface area contributed by atoms with E-state index in [0.29, 0.717) is 6.07 Å². The Kier molecular flexibility index (Phi) is 2.97. The molecule has 0 fully saturated rings. The smallest absolute Gasteiger partial charge is 0.258 e. The summed E-state index contributed by atoms with van der Waals surface area (Å²) in [5.74, 6) is -2.30. The van der Waals surface area contributed by atoms with E-state index in [-0.39, 0.29) is 16.9 Å². The van der Waals surface area contributed by atoms with Gasteiger partial charge in [0.1, 0.15) is 11.5 Å². The Morgan fingerprint density at radius 2 is 2.17 bits per heavy atom. The normalized spacial score (nSPS) is 10.4. The van der Waals surface area contributed by atoms with Gasteiger partial charge in [0.05, 0.1) is 17.4 Å². The molecule has 0 radical (unpaired) electrons. The lowest BCUT2D eigenvalue weighted by atomic mass is 10.2. The largest absolute Gasteiger partial charge is 0.397 e. The lowest BCUT2D eigenvalue weighted by molar-refractivity contribution is 0.102. The van der Waals surface area contributed by atoms with Gasteiger partial charge in [-0.05, 0) is 6.07 Å². The highest BCUT2D eigenvalue weighted by Crippen LogP contribution is 2.24. The molecule has 7 heteroatoms. The molecule has 2 aromatic rings. The van der Waals surface area contributed by atoms with Gasteiger partial charge in [-0.1, -0.05) is 0 Å². The van der Waals surface area contributed by atoms with E-state index in [2.05, 4.69) is 10.4 Å². The summed E-state index contributed by atoms with van der Waals surface area (Å²) in [4.78, 5) is 11.7. The van der Waals surface area contributed by atoms with E-state index >= 15 is 0 Å². The van der Waals surface area contributed by atoms with Crippen molar-refractivity contribution in [1.82, 2.24) is 9.78 Å². The predicted molar refractivity (Wildman–Crippen MR) is 61.9 cm³/mol. The summed E-state index contributed by atoms with van der Waals surface area (Å²) in [6.45, 7) is 0. The molecule has 5 nitrogen and oxygen atoms in total. The van der Waals surface area contributed by atoms with Gasteiger partial charge in [-0.3, -0.25) is 9.48 Å². The maximum Gasteiger partial charge on any atom is 0.258 e. The highest BCUT2D eigenvalue weighted by Gasteiger charge is 2.14. The van der Waals surface area contributed by atoms with Gasteiger partial charge in [-0.15, -0.1) is 0 Å². The van der Waals surface area contributed by atoms with Crippen LogP contribution >= 0.6 is 0 Å². The Hall–Kier alpha value is -2.44. The molecular formula is C11H10F2N4O. The first-order chi connectivity index (χ1) is 8.47. The molecule has 0 atom stereocenters. The third-order valence-electron chi connectivity index (χ3n) is 2.29. The summed E-state index contributed by atoms with van der Waals surface area (Å²) >= 11 is 0. The monoisotopic (exact) mass is 252 g/mol. The average Bonchev–Trinajstić information content (AvgIpc) is 2.70. The maximum absolute atomic E-state index is 13.4. The lowest BCUT2D eigenvalue weighted by Crippen LogP contribution is -2.14. The molecule has 1 aromatic carbocycles. The summed E-state index contributed by atoms with van der Waals surface area (Å²) < 4.78 is 27.7. The van der Waals surface area contributed by atoms with Crippen LogP contribution < -0.4 is 11.1 Å². The summed E-state index contributed by atoms with van der Waals surface area (Å²) in [7, 11) is 1.64. The molecule has 0 saturated carbocycles. The number of carbonyl (C=O) groups is 1. The van der Waals surface area contributed by atoms with E-state index < -0.39 is 17.5 Å². The van der Waals surface area contributed by atoms with Crippen LogP contribution in [-0.2, 0) is 7.05 Å². The van der Waals surface area contributed by atoms with Crippen LogP contribution in [0.4, 0.5) is 20.2 Å². The molecule has 0 aliphatic heterocycles. The predicted octanol–water partition coefficient (Wildman–Crippen LogP) is 1.53. The molecule has 2 rings (SSSR count). The van der Waals surface area contributed by atoms with Crippen molar-refractivity contribution in [3.05, 3.63) is 41.7 Å². The van der Waals surface area contributed by atoms with E-state index in [1.54, 1.807) is 7.05 Å². The molecule has 1 amide bonds. The summed E-state index contributed by atoms with van der Waals surface area (Å²) in [6.07, 6.45) is 2.79. The Bertz CT molecular complexity index is 586. The number of anilines is 2. The number of nitrogens with one attached hydrogen (secondary N) is 1. The number of carbonyl (C=O) groups excluding carboxylic acids is 1. The number of halogens is 2. The third-order valence-corrected chi connectivity index (χ3v) is 2.29. The SMILES string of the molecule is Cn1cc(C(=O)Nc2c(N)cc(F)cc2F)cn1. The highest BCUT2D eigenvalue weighted by molar-refractivity contribution is 6.05. The first-order valence-corrected chi connectivity index (χ1v) is 5.02. The van der Waals surface area contributed by atoms with Crippen molar-refractivity contribution in [3.63, 3.8) is 0 Å². The Morgan fingerprint density at radius 1 is 1.44 bits per heavy atom. The van der Waals surface area contributed by atoms with E-state index in [4.69, 9.17) is 5.73 Å². The minimum atomic E-state index is -0.926. The van der Waals surface area contributed by atoms with Crippen LogP contribution in [0.2, 0.25) is 0 Å². The zero-order chi connectivity index (χ0) is 13.3. The van der Waals surface area contributed by atoms with Gasteiger partial charge in [0.2, 0.25) is 0 Å². The van der Waals surface area contributed by atoms with Crippen LogP contribution in [0, 0.1) is 11.6 Å². The first-order valence-electron chi connectivity index (χ1n) is 5.02. The topological polar surface area (TPSA) is 72.9 Å². The molecular weight excluding hydrogens is 242 g/mol. The fraction of sp³-hybridized carbons (Fsp3) is 0.0909. The molecule has 0 saturated heterocycles. The van der Waals surface area contributed by atoms with Crippen LogP contribution in [0.1, 0.15) is 10.4 Å².